The fourth-order valence-electron chi connectivity index (χ4n) is 1.24. The third-order valence-electron chi connectivity index (χ3n) is 2.09. The van der Waals surface area contributed by atoms with Gasteiger partial charge < -0.3 is 10.6 Å². The van der Waals surface area contributed by atoms with Crippen LogP contribution in [0.25, 0.3) is 0 Å². The van der Waals surface area contributed by atoms with Crippen LogP contribution < -0.4 is 10.6 Å². The van der Waals surface area contributed by atoms with Gasteiger partial charge in [0.1, 0.15) is 27.8 Å². The maximum absolute atomic E-state index is 10.9. The number of sulfone groups is 1. The molecule has 0 unspecified atom stereocenters. The minimum atomic E-state index is -2.94. The lowest BCUT2D eigenvalue weighted by atomic mass is 10.3. The first kappa shape index (κ1) is 12.7. The van der Waals surface area contributed by atoms with Crippen LogP contribution in [0.1, 0.15) is 5.56 Å². The Morgan fingerprint density at radius 3 is 2.50 bits per heavy atom. The smallest absolute Gasteiger partial charge is 0.149 e. The molecule has 0 aliphatic rings. The first-order valence-corrected chi connectivity index (χ1v) is 6.91. The molecule has 0 saturated heterocycles. The van der Waals surface area contributed by atoms with Gasteiger partial charge in [-0.3, -0.25) is 0 Å². The van der Waals surface area contributed by atoms with Gasteiger partial charge in [0, 0.05) is 25.4 Å². The van der Waals surface area contributed by atoms with Gasteiger partial charge in [-0.2, -0.15) is 0 Å². The van der Waals surface area contributed by atoms with E-state index in [1.54, 1.807) is 7.05 Å². The number of nitrogens with zero attached hydrogens (tertiary/aromatic N) is 2. The van der Waals surface area contributed by atoms with Crippen LogP contribution in [0.5, 0.6) is 0 Å². The summed E-state index contributed by atoms with van der Waals surface area (Å²) in [5, 5.41) is 5.91. The largest absolute Gasteiger partial charge is 0.373 e. The summed E-state index contributed by atoms with van der Waals surface area (Å²) in [7, 11) is -1.17. The molecule has 0 spiro atoms. The van der Waals surface area contributed by atoms with E-state index in [1.807, 2.05) is 6.92 Å². The molecule has 1 aromatic rings. The van der Waals surface area contributed by atoms with E-state index < -0.39 is 9.84 Å². The van der Waals surface area contributed by atoms with E-state index in [4.69, 9.17) is 0 Å². The van der Waals surface area contributed by atoms with Crippen molar-refractivity contribution in [3.8, 4) is 0 Å². The highest BCUT2D eigenvalue weighted by Gasteiger charge is 2.06. The number of rotatable bonds is 5. The average molecular weight is 244 g/mol. The lowest BCUT2D eigenvalue weighted by Gasteiger charge is -2.10. The molecule has 7 heteroatoms. The van der Waals surface area contributed by atoms with E-state index in [-0.39, 0.29) is 5.75 Å². The molecule has 6 nitrogen and oxygen atoms in total. The first-order valence-electron chi connectivity index (χ1n) is 4.85. The van der Waals surface area contributed by atoms with Crippen LogP contribution in [0, 0.1) is 6.92 Å². The van der Waals surface area contributed by atoms with Gasteiger partial charge in [0.25, 0.3) is 0 Å². The molecule has 1 heterocycles. The molecule has 1 aromatic heterocycles. The third-order valence-corrected chi connectivity index (χ3v) is 3.03. The van der Waals surface area contributed by atoms with Crippen LogP contribution in [-0.2, 0) is 9.84 Å². The summed E-state index contributed by atoms with van der Waals surface area (Å²) in [6.07, 6.45) is 2.64. The number of aromatic nitrogens is 2. The molecule has 90 valence electrons. The Labute approximate surface area is 95.4 Å². The Morgan fingerprint density at radius 1 is 1.31 bits per heavy atom. The van der Waals surface area contributed by atoms with Crippen molar-refractivity contribution in [3.05, 3.63) is 11.9 Å². The second-order valence-electron chi connectivity index (χ2n) is 3.50. The van der Waals surface area contributed by atoms with Crippen LogP contribution in [0.3, 0.4) is 0 Å². The van der Waals surface area contributed by atoms with Crippen molar-refractivity contribution in [3.63, 3.8) is 0 Å². The zero-order valence-electron chi connectivity index (χ0n) is 9.61. The number of nitrogens with one attached hydrogen (secondary N) is 2. The van der Waals surface area contributed by atoms with Gasteiger partial charge in [-0.25, -0.2) is 18.4 Å². The summed E-state index contributed by atoms with van der Waals surface area (Å²) in [5.41, 5.74) is 0.874. The molecule has 0 amide bonds. The molecule has 1 rings (SSSR count). The summed E-state index contributed by atoms with van der Waals surface area (Å²) in [4.78, 5) is 8.08. The van der Waals surface area contributed by atoms with E-state index in [0.29, 0.717) is 12.4 Å². The van der Waals surface area contributed by atoms with Crippen molar-refractivity contribution >= 4 is 21.5 Å². The van der Waals surface area contributed by atoms with E-state index in [9.17, 15) is 8.42 Å². The summed E-state index contributed by atoms with van der Waals surface area (Å²) >= 11 is 0. The zero-order chi connectivity index (χ0) is 12.2. The summed E-state index contributed by atoms with van der Waals surface area (Å²) in [6, 6.07) is 0. The Hall–Kier alpha value is -1.37. The Kier molecular flexibility index (Phi) is 4.05. The molecule has 0 aliphatic carbocycles. The molecular weight excluding hydrogens is 228 g/mol. The Morgan fingerprint density at radius 2 is 1.94 bits per heavy atom. The topological polar surface area (TPSA) is 84.0 Å². The highest BCUT2D eigenvalue weighted by atomic mass is 32.2. The maximum atomic E-state index is 10.9. The van der Waals surface area contributed by atoms with E-state index in [2.05, 4.69) is 20.6 Å². The second kappa shape index (κ2) is 5.11. The van der Waals surface area contributed by atoms with Gasteiger partial charge in [0.05, 0.1) is 5.75 Å². The van der Waals surface area contributed by atoms with Gasteiger partial charge in [-0.1, -0.05) is 0 Å². The van der Waals surface area contributed by atoms with Crippen molar-refractivity contribution in [1.29, 1.82) is 0 Å². The summed E-state index contributed by atoms with van der Waals surface area (Å²) in [5.74, 6) is 1.48. The van der Waals surface area contributed by atoms with Gasteiger partial charge >= 0.3 is 0 Å². The highest BCUT2D eigenvalue weighted by Crippen LogP contribution is 2.16. The summed E-state index contributed by atoms with van der Waals surface area (Å²) in [6.45, 7) is 2.22. The lowest BCUT2D eigenvalue weighted by Crippen LogP contribution is -2.15. The van der Waals surface area contributed by atoms with Crippen LogP contribution >= 0.6 is 0 Å². The standard InChI is InChI=1S/C9H16N4O2S/c1-7-8(10-2)12-6-13-9(7)11-4-5-16(3,14)15/h6H,4-5H2,1-3H3,(H2,10,11,12,13). The van der Waals surface area contributed by atoms with Gasteiger partial charge in [0.2, 0.25) is 0 Å². The quantitative estimate of drug-likeness (QED) is 0.774. The van der Waals surface area contributed by atoms with E-state index in [1.165, 1.54) is 12.6 Å². The molecule has 2 N–H and O–H groups in total. The van der Waals surface area contributed by atoms with E-state index in [0.717, 1.165) is 11.4 Å². The minimum absolute atomic E-state index is 0.0886. The molecule has 0 saturated carbocycles. The Bertz CT molecular complexity index is 459. The van der Waals surface area contributed by atoms with Crippen molar-refractivity contribution < 1.29 is 8.42 Å². The molecule has 0 fully saturated rings. The maximum Gasteiger partial charge on any atom is 0.149 e. The van der Waals surface area contributed by atoms with Crippen LogP contribution in [0.15, 0.2) is 6.33 Å². The number of hydrogen-bond donors (Lipinski definition) is 2. The van der Waals surface area contributed by atoms with Gasteiger partial charge in [-0.15, -0.1) is 0 Å². The number of anilines is 2. The predicted molar refractivity (Wildman–Crippen MR) is 64.5 cm³/mol. The van der Waals surface area contributed by atoms with Crippen molar-refractivity contribution in [2.45, 2.75) is 6.92 Å². The predicted octanol–water partition coefficient (Wildman–Crippen LogP) is 0.283. The molecule has 0 atom stereocenters. The molecule has 0 radical (unpaired) electrons. The molecule has 16 heavy (non-hydrogen) atoms. The van der Waals surface area contributed by atoms with E-state index >= 15 is 0 Å². The lowest BCUT2D eigenvalue weighted by molar-refractivity contribution is 0.602. The SMILES string of the molecule is CNc1ncnc(NCCS(C)(=O)=O)c1C. The van der Waals surface area contributed by atoms with Crippen molar-refractivity contribution in [1.82, 2.24) is 9.97 Å². The fourth-order valence-corrected chi connectivity index (χ4v) is 1.71. The minimum Gasteiger partial charge on any atom is -0.373 e. The second-order valence-corrected chi connectivity index (χ2v) is 5.76. The zero-order valence-corrected chi connectivity index (χ0v) is 10.4. The van der Waals surface area contributed by atoms with Crippen molar-refractivity contribution in [2.24, 2.45) is 0 Å². The molecule has 0 aliphatic heterocycles. The van der Waals surface area contributed by atoms with Gasteiger partial charge in [-0.05, 0) is 6.92 Å². The van der Waals surface area contributed by atoms with Crippen LogP contribution in [0.4, 0.5) is 11.6 Å². The monoisotopic (exact) mass is 244 g/mol. The molecular formula is C9H16N4O2S. The normalized spacial score (nSPS) is 11.2. The summed E-state index contributed by atoms with van der Waals surface area (Å²) < 4.78 is 21.9. The highest BCUT2D eigenvalue weighted by molar-refractivity contribution is 7.90. The average Bonchev–Trinajstić information content (AvgIpc) is 2.19. The number of hydrogen-bond acceptors (Lipinski definition) is 6. The van der Waals surface area contributed by atoms with Crippen LogP contribution in [-0.4, -0.2) is 44.0 Å². The fraction of sp³-hybridized carbons (Fsp3) is 0.556. The van der Waals surface area contributed by atoms with Crippen LogP contribution in [0.2, 0.25) is 0 Å². The first-order chi connectivity index (χ1) is 7.44. The Balaban J connectivity index is 2.68. The van der Waals surface area contributed by atoms with Gasteiger partial charge in [0.15, 0.2) is 0 Å². The third kappa shape index (κ3) is 3.65. The molecule has 0 aromatic carbocycles. The van der Waals surface area contributed by atoms with Crippen molar-refractivity contribution in [2.75, 3.05) is 36.2 Å². The molecule has 0 bridgehead atoms.